The van der Waals surface area contributed by atoms with Gasteiger partial charge in [-0.05, 0) is 25.0 Å². The predicted octanol–water partition coefficient (Wildman–Crippen LogP) is 4.27. The zero-order chi connectivity index (χ0) is 11.6. The molecule has 0 spiro atoms. The van der Waals surface area contributed by atoms with Gasteiger partial charge in [0.1, 0.15) is 0 Å². The zero-order valence-electron chi connectivity index (χ0n) is 9.73. The van der Waals surface area contributed by atoms with Crippen molar-refractivity contribution < 1.29 is 4.79 Å². The topological polar surface area (TPSA) is 17.1 Å². The maximum absolute atomic E-state index is 12.3. The van der Waals surface area contributed by atoms with Crippen molar-refractivity contribution in [3.05, 3.63) is 34.3 Å². The van der Waals surface area contributed by atoms with E-state index in [2.05, 4.69) is 0 Å². The van der Waals surface area contributed by atoms with Crippen LogP contribution in [0.4, 0.5) is 0 Å². The van der Waals surface area contributed by atoms with Gasteiger partial charge >= 0.3 is 0 Å². The smallest absolute Gasteiger partial charge is 0.170 e. The minimum atomic E-state index is -0.338. The molecule has 0 aromatic heterocycles. The molecule has 0 amide bonds. The monoisotopic (exact) mass is 224 g/mol. The molecule has 1 aromatic rings. The van der Waals surface area contributed by atoms with Gasteiger partial charge in [-0.3, -0.25) is 4.79 Å². The van der Waals surface area contributed by atoms with Gasteiger partial charge in [0.25, 0.3) is 0 Å². The molecule has 0 radical (unpaired) electrons. The van der Waals surface area contributed by atoms with Gasteiger partial charge in [0.15, 0.2) is 5.78 Å². The summed E-state index contributed by atoms with van der Waals surface area (Å²) < 4.78 is 0. The van der Waals surface area contributed by atoms with E-state index in [0.717, 1.165) is 12.0 Å². The van der Waals surface area contributed by atoms with E-state index in [9.17, 15) is 4.79 Å². The zero-order valence-corrected chi connectivity index (χ0v) is 10.5. The molecule has 82 valence electrons. The van der Waals surface area contributed by atoms with Crippen LogP contribution in [0.1, 0.15) is 43.1 Å². The molecule has 0 heterocycles. The number of hydrogen-bond donors (Lipinski definition) is 0. The second-order valence-electron chi connectivity index (χ2n) is 4.50. The number of ketones is 1. The second kappa shape index (κ2) is 4.36. The van der Waals surface area contributed by atoms with Crippen molar-refractivity contribution in [3.8, 4) is 0 Å². The first kappa shape index (κ1) is 12.3. The fraction of sp³-hybridized carbons (Fsp3) is 0.462. The number of benzene rings is 1. The highest BCUT2D eigenvalue weighted by Gasteiger charge is 2.28. The number of carbonyl (C=O) groups is 1. The first-order valence-corrected chi connectivity index (χ1v) is 5.58. The molecule has 15 heavy (non-hydrogen) atoms. The molecule has 0 atom stereocenters. The number of rotatable bonds is 3. The van der Waals surface area contributed by atoms with Gasteiger partial charge in [-0.15, -0.1) is 0 Å². The lowest BCUT2D eigenvalue weighted by Gasteiger charge is -2.22. The molecule has 0 unspecified atom stereocenters. The van der Waals surface area contributed by atoms with Crippen LogP contribution in [-0.4, -0.2) is 5.78 Å². The van der Waals surface area contributed by atoms with Gasteiger partial charge in [-0.25, -0.2) is 0 Å². The molecule has 1 aromatic carbocycles. The van der Waals surface area contributed by atoms with Crippen LogP contribution in [0.15, 0.2) is 18.2 Å². The van der Waals surface area contributed by atoms with Crippen molar-refractivity contribution in [2.24, 2.45) is 5.41 Å². The van der Waals surface area contributed by atoms with E-state index in [-0.39, 0.29) is 11.2 Å². The van der Waals surface area contributed by atoms with Crippen molar-refractivity contribution in [2.45, 2.75) is 34.1 Å². The Kier molecular flexibility index (Phi) is 3.56. The molecule has 0 saturated heterocycles. The Bertz CT molecular complexity index is 360. The molecule has 0 bridgehead atoms. The SMILES string of the molecule is CCC(C)(C)C(=O)c1c(C)cccc1Cl. The average Bonchev–Trinajstić information content (AvgIpc) is 2.17. The highest BCUT2D eigenvalue weighted by Crippen LogP contribution is 2.30. The number of carbonyl (C=O) groups excluding carboxylic acids is 1. The van der Waals surface area contributed by atoms with Gasteiger partial charge in [0.05, 0.1) is 5.02 Å². The first-order chi connectivity index (χ1) is 6.90. The lowest BCUT2D eigenvalue weighted by atomic mass is 9.81. The summed E-state index contributed by atoms with van der Waals surface area (Å²) in [6.45, 7) is 7.85. The van der Waals surface area contributed by atoms with Crippen molar-refractivity contribution in [3.63, 3.8) is 0 Å². The summed E-state index contributed by atoms with van der Waals surface area (Å²) in [6.07, 6.45) is 0.816. The van der Waals surface area contributed by atoms with Gasteiger partial charge in [-0.2, -0.15) is 0 Å². The minimum absolute atomic E-state index is 0.133. The molecule has 0 aliphatic rings. The highest BCUT2D eigenvalue weighted by atomic mass is 35.5. The summed E-state index contributed by atoms with van der Waals surface area (Å²) in [5.41, 5.74) is 1.29. The van der Waals surface area contributed by atoms with Gasteiger partial charge in [0.2, 0.25) is 0 Å². The van der Waals surface area contributed by atoms with Crippen LogP contribution in [0.3, 0.4) is 0 Å². The number of aryl methyl sites for hydroxylation is 1. The Morgan fingerprint density at radius 1 is 1.40 bits per heavy atom. The number of hydrogen-bond acceptors (Lipinski definition) is 1. The fourth-order valence-electron chi connectivity index (χ4n) is 1.42. The summed E-state index contributed by atoms with van der Waals surface area (Å²) >= 11 is 6.07. The predicted molar refractivity (Wildman–Crippen MR) is 64.6 cm³/mol. The van der Waals surface area contributed by atoms with E-state index in [1.807, 2.05) is 39.8 Å². The molecular weight excluding hydrogens is 208 g/mol. The average molecular weight is 225 g/mol. The van der Waals surface area contributed by atoms with Gasteiger partial charge in [0, 0.05) is 11.0 Å². The lowest BCUT2D eigenvalue weighted by Crippen LogP contribution is -2.24. The summed E-state index contributed by atoms with van der Waals surface area (Å²) in [4.78, 5) is 12.3. The van der Waals surface area contributed by atoms with Crippen LogP contribution >= 0.6 is 11.6 Å². The van der Waals surface area contributed by atoms with Crippen LogP contribution in [0, 0.1) is 12.3 Å². The van der Waals surface area contributed by atoms with E-state index in [0.29, 0.717) is 10.6 Å². The molecule has 0 saturated carbocycles. The van der Waals surface area contributed by atoms with E-state index >= 15 is 0 Å². The van der Waals surface area contributed by atoms with Gasteiger partial charge in [-0.1, -0.05) is 44.5 Å². The van der Waals surface area contributed by atoms with Gasteiger partial charge < -0.3 is 0 Å². The van der Waals surface area contributed by atoms with E-state index in [4.69, 9.17) is 11.6 Å². The Hall–Kier alpha value is -0.820. The fourth-order valence-corrected chi connectivity index (χ4v) is 1.73. The van der Waals surface area contributed by atoms with Crippen LogP contribution in [0.2, 0.25) is 5.02 Å². The summed E-state index contributed by atoms with van der Waals surface area (Å²) in [6, 6.07) is 5.56. The minimum Gasteiger partial charge on any atom is -0.294 e. The highest BCUT2D eigenvalue weighted by molar-refractivity contribution is 6.34. The Balaban J connectivity index is 3.23. The normalized spacial score (nSPS) is 11.5. The molecule has 0 aliphatic carbocycles. The molecule has 0 fully saturated rings. The molecule has 0 N–H and O–H groups in total. The van der Waals surface area contributed by atoms with Crippen molar-refractivity contribution in [1.29, 1.82) is 0 Å². The molecule has 2 heteroatoms. The molecule has 1 nitrogen and oxygen atoms in total. The number of halogens is 1. The summed E-state index contributed by atoms with van der Waals surface area (Å²) in [5, 5.41) is 0.557. The standard InChI is InChI=1S/C13H17ClO/c1-5-13(3,4)12(15)11-9(2)7-6-8-10(11)14/h6-8H,5H2,1-4H3. The second-order valence-corrected chi connectivity index (χ2v) is 4.91. The maximum atomic E-state index is 12.3. The summed E-state index contributed by atoms with van der Waals surface area (Å²) in [5.74, 6) is 0.133. The lowest BCUT2D eigenvalue weighted by molar-refractivity contribution is 0.0832. The maximum Gasteiger partial charge on any atom is 0.170 e. The Morgan fingerprint density at radius 2 is 2.00 bits per heavy atom. The Morgan fingerprint density at radius 3 is 2.47 bits per heavy atom. The quantitative estimate of drug-likeness (QED) is 0.701. The van der Waals surface area contributed by atoms with Crippen LogP contribution in [0.25, 0.3) is 0 Å². The van der Waals surface area contributed by atoms with Crippen molar-refractivity contribution in [2.75, 3.05) is 0 Å². The summed E-state index contributed by atoms with van der Waals surface area (Å²) in [7, 11) is 0. The molecule has 0 aliphatic heterocycles. The molecular formula is C13H17ClO. The molecule has 1 rings (SSSR count). The first-order valence-electron chi connectivity index (χ1n) is 5.20. The van der Waals surface area contributed by atoms with Crippen molar-refractivity contribution in [1.82, 2.24) is 0 Å². The Labute approximate surface area is 96.5 Å². The van der Waals surface area contributed by atoms with E-state index in [1.54, 1.807) is 6.07 Å². The third-order valence-electron chi connectivity index (χ3n) is 2.95. The van der Waals surface area contributed by atoms with Crippen LogP contribution in [0.5, 0.6) is 0 Å². The van der Waals surface area contributed by atoms with Crippen LogP contribution in [-0.2, 0) is 0 Å². The third kappa shape index (κ3) is 2.40. The third-order valence-corrected chi connectivity index (χ3v) is 3.26. The van der Waals surface area contributed by atoms with E-state index < -0.39 is 0 Å². The largest absolute Gasteiger partial charge is 0.294 e. The number of Topliss-reactive ketones (excluding diaryl/α,β-unsaturated/α-hetero) is 1. The van der Waals surface area contributed by atoms with Crippen molar-refractivity contribution >= 4 is 17.4 Å². The van der Waals surface area contributed by atoms with Crippen LogP contribution < -0.4 is 0 Å². The van der Waals surface area contributed by atoms with E-state index in [1.165, 1.54) is 0 Å².